The monoisotopic (exact) mass is 438 g/mol. The minimum absolute atomic E-state index is 0.228. The normalized spacial score (nSPS) is 15.2. The smallest absolute Gasteiger partial charge is 0.259 e. The fraction of sp³-hybridized carbons (Fsp3) is 0.130. The number of carbonyl (C=O) groups is 2. The molecule has 0 unspecified atom stereocenters. The molecule has 0 spiro atoms. The van der Waals surface area contributed by atoms with Crippen molar-refractivity contribution in [3.8, 4) is 0 Å². The number of carbonyl (C=O) groups excluding carboxylic acids is 2. The standard InChI is InChI=1S/C23H19ClN2O3S/c1-2-26-19-13-15(22(27)25-14-16-7-3-5-9-18(16)24)11-12-21(19)30(29)20-10-6-4-8-17(20)23(26)28/h3-13H,2,14H2,1H3,(H,25,27)/t30-/m0/s1. The molecule has 4 rings (SSSR count). The summed E-state index contributed by atoms with van der Waals surface area (Å²) in [6.07, 6.45) is 0. The van der Waals surface area contributed by atoms with E-state index in [1.807, 2.05) is 25.1 Å². The molecule has 2 amide bonds. The second-order valence-electron chi connectivity index (χ2n) is 6.77. The van der Waals surface area contributed by atoms with Gasteiger partial charge in [0.1, 0.15) is 0 Å². The van der Waals surface area contributed by atoms with Crippen LogP contribution in [-0.4, -0.2) is 22.6 Å². The van der Waals surface area contributed by atoms with E-state index >= 15 is 0 Å². The van der Waals surface area contributed by atoms with Gasteiger partial charge in [-0.15, -0.1) is 0 Å². The average molecular weight is 439 g/mol. The summed E-state index contributed by atoms with van der Waals surface area (Å²) in [6, 6.07) is 19.1. The van der Waals surface area contributed by atoms with Crippen molar-refractivity contribution in [2.75, 3.05) is 11.4 Å². The van der Waals surface area contributed by atoms with Gasteiger partial charge in [0.2, 0.25) is 0 Å². The maximum Gasteiger partial charge on any atom is 0.259 e. The van der Waals surface area contributed by atoms with Crippen LogP contribution in [0.25, 0.3) is 0 Å². The minimum atomic E-state index is -1.52. The van der Waals surface area contributed by atoms with Gasteiger partial charge in [-0.05, 0) is 48.9 Å². The number of nitrogens with zero attached hydrogens (tertiary/aromatic N) is 1. The lowest BCUT2D eigenvalue weighted by Crippen LogP contribution is -2.31. The fourth-order valence-electron chi connectivity index (χ4n) is 3.44. The van der Waals surface area contributed by atoms with Gasteiger partial charge >= 0.3 is 0 Å². The third kappa shape index (κ3) is 3.64. The van der Waals surface area contributed by atoms with Gasteiger partial charge in [0.05, 0.1) is 31.8 Å². The number of hydrogen-bond donors (Lipinski definition) is 1. The number of nitrogens with one attached hydrogen (secondary N) is 1. The van der Waals surface area contributed by atoms with Gasteiger partial charge in [0, 0.05) is 23.7 Å². The molecule has 0 saturated carbocycles. The molecule has 0 aliphatic carbocycles. The van der Waals surface area contributed by atoms with Crippen molar-refractivity contribution in [2.45, 2.75) is 23.3 Å². The van der Waals surface area contributed by atoms with Crippen molar-refractivity contribution in [1.29, 1.82) is 0 Å². The van der Waals surface area contributed by atoms with Crippen molar-refractivity contribution >= 4 is 39.9 Å². The van der Waals surface area contributed by atoms with Crippen LogP contribution >= 0.6 is 11.6 Å². The quantitative estimate of drug-likeness (QED) is 0.655. The second kappa shape index (κ2) is 8.42. The van der Waals surface area contributed by atoms with Gasteiger partial charge in [-0.3, -0.25) is 9.59 Å². The highest BCUT2D eigenvalue weighted by Gasteiger charge is 2.30. The third-order valence-electron chi connectivity index (χ3n) is 4.99. The van der Waals surface area contributed by atoms with Crippen LogP contribution in [0.1, 0.15) is 33.2 Å². The molecule has 0 fully saturated rings. The maximum absolute atomic E-state index is 13.2. The Kier molecular flexibility index (Phi) is 5.70. The van der Waals surface area contributed by atoms with Crippen LogP contribution in [0.4, 0.5) is 5.69 Å². The molecule has 1 aliphatic heterocycles. The lowest BCUT2D eigenvalue weighted by molar-refractivity contribution is 0.0947. The molecule has 0 aromatic heterocycles. The highest BCUT2D eigenvalue weighted by molar-refractivity contribution is 7.85. The number of rotatable bonds is 4. The topological polar surface area (TPSA) is 66.5 Å². The second-order valence-corrected chi connectivity index (χ2v) is 8.60. The lowest BCUT2D eigenvalue weighted by atomic mass is 10.1. The molecular formula is C23H19ClN2O3S. The number of halogens is 1. The Morgan fingerprint density at radius 3 is 2.53 bits per heavy atom. The summed E-state index contributed by atoms with van der Waals surface area (Å²) < 4.78 is 13.2. The number of anilines is 1. The Balaban J connectivity index is 1.68. The summed E-state index contributed by atoms with van der Waals surface area (Å²) in [5.41, 5.74) is 2.10. The zero-order valence-electron chi connectivity index (χ0n) is 16.2. The molecule has 30 heavy (non-hydrogen) atoms. The minimum Gasteiger partial charge on any atom is -0.348 e. The Morgan fingerprint density at radius 2 is 1.77 bits per heavy atom. The molecule has 152 valence electrons. The molecule has 7 heteroatoms. The summed E-state index contributed by atoms with van der Waals surface area (Å²) in [5, 5.41) is 3.43. The van der Waals surface area contributed by atoms with E-state index < -0.39 is 10.8 Å². The van der Waals surface area contributed by atoms with E-state index in [0.29, 0.717) is 38.2 Å². The van der Waals surface area contributed by atoms with E-state index in [9.17, 15) is 13.8 Å². The highest BCUT2D eigenvalue weighted by atomic mass is 35.5. The Bertz CT molecular complexity index is 1180. The van der Waals surface area contributed by atoms with Crippen molar-refractivity contribution in [3.63, 3.8) is 0 Å². The molecule has 1 heterocycles. The van der Waals surface area contributed by atoms with E-state index in [1.165, 1.54) is 0 Å². The lowest BCUT2D eigenvalue weighted by Gasteiger charge is -2.21. The number of amides is 2. The molecule has 1 atom stereocenters. The van der Waals surface area contributed by atoms with Crippen LogP contribution in [0.15, 0.2) is 76.5 Å². The summed E-state index contributed by atoms with van der Waals surface area (Å²) in [6.45, 7) is 2.52. The van der Waals surface area contributed by atoms with Crippen molar-refractivity contribution in [3.05, 3.63) is 88.4 Å². The largest absolute Gasteiger partial charge is 0.348 e. The first kappa shape index (κ1) is 20.3. The van der Waals surface area contributed by atoms with Gasteiger partial charge in [0.15, 0.2) is 0 Å². The van der Waals surface area contributed by atoms with Gasteiger partial charge in [-0.1, -0.05) is 41.9 Å². The first-order valence-corrected chi connectivity index (χ1v) is 11.0. The van der Waals surface area contributed by atoms with Crippen molar-refractivity contribution < 1.29 is 13.8 Å². The van der Waals surface area contributed by atoms with Gasteiger partial charge in [0.25, 0.3) is 11.8 Å². The average Bonchev–Trinajstić information content (AvgIpc) is 2.86. The summed E-state index contributed by atoms with van der Waals surface area (Å²) in [4.78, 5) is 28.4. The van der Waals surface area contributed by atoms with Crippen LogP contribution in [0.2, 0.25) is 5.02 Å². The van der Waals surface area contributed by atoms with Crippen LogP contribution < -0.4 is 10.2 Å². The maximum atomic E-state index is 13.2. The molecule has 0 saturated heterocycles. The SMILES string of the molecule is CCN1C(=O)c2ccccc2[S@](=O)c2ccc(C(=O)NCc3ccccc3Cl)cc21. The first-order chi connectivity index (χ1) is 14.5. The van der Waals surface area contributed by atoms with E-state index in [4.69, 9.17) is 11.6 Å². The van der Waals surface area contributed by atoms with Gasteiger partial charge < -0.3 is 10.2 Å². The number of benzene rings is 3. The van der Waals surface area contributed by atoms with Crippen molar-refractivity contribution in [2.24, 2.45) is 0 Å². The fourth-order valence-corrected chi connectivity index (χ4v) is 4.99. The van der Waals surface area contributed by atoms with Gasteiger partial charge in [-0.2, -0.15) is 0 Å². The summed E-state index contributed by atoms with van der Waals surface area (Å²) >= 11 is 6.15. The number of fused-ring (bicyclic) bond motifs is 2. The number of hydrogen-bond acceptors (Lipinski definition) is 3. The zero-order chi connectivity index (χ0) is 21.3. The molecular weight excluding hydrogens is 420 g/mol. The Labute approximate surface area is 182 Å². The molecule has 1 aliphatic rings. The predicted molar refractivity (Wildman–Crippen MR) is 118 cm³/mol. The van der Waals surface area contributed by atoms with Crippen LogP contribution in [0, 0.1) is 0 Å². The Morgan fingerprint density at radius 1 is 1.03 bits per heavy atom. The molecule has 5 nitrogen and oxygen atoms in total. The summed E-state index contributed by atoms with van der Waals surface area (Å²) in [5.74, 6) is -0.525. The molecule has 0 bridgehead atoms. The molecule has 3 aromatic rings. The van der Waals surface area contributed by atoms with Crippen LogP contribution in [0.3, 0.4) is 0 Å². The van der Waals surface area contributed by atoms with E-state index in [1.54, 1.807) is 53.4 Å². The molecule has 0 radical (unpaired) electrons. The molecule has 1 N–H and O–H groups in total. The summed E-state index contributed by atoms with van der Waals surface area (Å²) in [7, 11) is -1.52. The van der Waals surface area contributed by atoms with Gasteiger partial charge in [-0.25, -0.2) is 4.21 Å². The van der Waals surface area contributed by atoms with Crippen LogP contribution in [-0.2, 0) is 17.3 Å². The van der Waals surface area contributed by atoms with Crippen LogP contribution in [0.5, 0.6) is 0 Å². The Hall–Kier alpha value is -2.96. The van der Waals surface area contributed by atoms with E-state index in [2.05, 4.69) is 5.32 Å². The van der Waals surface area contributed by atoms with E-state index in [0.717, 1.165) is 5.56 Å². The molecule has 3 aromatic carbocycles. The highest BCUT2D eigenvalue weighted by Crippen LogP contribution is 2.35. The first-order valence-electron chi connectivity index (χ1n) is 9.49. The van der Waals surface area contributed by atoms with Crippen molar-refractivity contribution in [1.82, 2.24) is 5.32 Å². The third-order valence-corrected chi connectivity index (χ3v) is 6.86. The predicted octanol–water partition coefficient (Wildman–Crippen LogP) is 4.42. The zero-order valence-corrected chi connectivity index (χ0v) is 17.8. The van der Waals surface area contributed by atoms with E-state index in [-0.39, 0.29) is 18.4 Å².